The molecule has 3 rings (SSSR count). The summed E-state index contributed by atoms with van der Waals surface area (Å²) in [6.45, 7) is 1.24. The average Bonchev–Trinajstić information content (AvgIpc) is 3.54. The van der Waals surface area contributed by atoms with Gasteiger partial charge in [-0.3, -0.25) is 14.4 Å². The highest BCUT2D eigenvalue weighted by Gasteiger charge is 2.45. The Balaban J connectivity index is 1.82. The van der Waals surface area contributed by atoms with Gasteiger partial charge in [0.15, 0.2) is 0 Å². The largest absolute Gasteiger partial charge is 0.497 e. The summed E-state index contributed by atoms with van der Waals surface area (Å²) in [6.07, 6.45) is 2.15. The maximum absolute atomic E-state index is 13.2. The van der Waals surface area contributed by atoms with Crippen molar-refractivity contribution in [3.8, 4) is 5.75 Å². The minimum atomic E-state index is -0.654. The van der Waals surface area contributed by atoms with Crippen LogP contribution in [0.25, 0.3) is 0 Å². The van der Waals surface area contributed by atoms with Gasteiger partial charge in [-0.05, 0) is 37.0 Å². The van der Waals surface area contributed by atoms with Gasteiger partial charge in [0.05, 0.1) is 13.2 Å². The number of hydrogen-bond acceptors (Lipinski definition) is 6. The Bertz CT molecular complexity index is 798. The van der Waals surface area contributed by atoms with Gasteiger partial charge in [-0.25, -0.2) is 0 Å². The van der Waals surface area contributed by atoms with E-state index in [1.807, 2.05) is 29.2 Å². The minimum absolute atomic E-state index is 0.0267. The van der Waals surface area contributed by atoms with Crippen LogP contribution < -0.4 is 15.8 Å². The fourth-order valence-corrected chi connectivity index (χ4v) is 4.00. The molecule has 1 saturated carbocycles. The van der Waals surface area contributed by atoms with Crippen LogP contribution in [0.5, 0.6) is 5.75 Å². The lowest BCUT2D eigenvalue weighted by atomic mass is 10.1. The first-order chi connectivity index (χ1) is 15.0. The van der Waals surface area contributed by atoms with E-state index >= 15 is 0 Å². The summed E-state index contributed by atoms with van der Waals surface area (Å²) in [4.78, 5) is 41.9. The van der Waals surface area contributed by atoms with Crippen molar-refractivity contribution in [2.75, 3.05) is 40.5 Å². The normalized spacial score (nSPS) is 20.4. The molecule has 1 aliphatic heterocycles. The Hall–Kier alpha value is -2.65. The minimum Gasteiger partial charge on any atom is -0.497 e. The summed E-state index contributed by atoms with van der Waals surface area (Å²) < 4.78 is 10.3. The lowest BCUT2D eigenvalue weighted by Crippen LogP contribution is -2.48. The number of nitrogens with one attached hydrogen (secondary N) is 1. The summed E-state index contributed by atoms with van der Waals surface area (Å²) in [5, 5.41) is 2.77. The number of hydrogen-bond donors (Lipinski definition) is 2. The quantitative estimate of drug-likeness (QED) is 0.543. The zero-order valence-corrected chi connectivity index (χ0v) is 18.2. The van der Waals surface area contributed by atoms with Crippen molar-refractivity contribution in [2.45, 2.75) is 37.9 Å². The lowest BCUT2D eigenvalue weighted by Gasteiger charge is -2.29. The maximum atomic E-state index is 13.2. The van der Waals surface area contributed by atoms with Gasteiger partial charge in [-0.2, -0.15) is 0 Å². The molecule has 3 N–H and O–H groups in total. The Morgan fingerprint density at radius 1 is 1.26 bits per heavy atom. The Labute approximate surface area is 182 Å². The van der Waals surface area contributed by atoms with Gasteiger partial charge in [0.25, 0.3) is 0 Å². The first-order valence-electron chi connectivity index (χ1n) is 10.7. The Kier molecular flexibility index (Phi) is 7.86. The van der Waals surface area contributed by atoms with Gasteiger partial charge in [-0.1, -0.05) is 12.1 Å². The van der Waals surface area contributed by atoms with E-state index in [4.69, 9.17) is 15.2 Å². The molecule has 1 aromatic rings. The first-order valence-corrected chi connectivity index (χ1v) is 10.7. The summed E-state index contributed by atoms with van der Waals surface area (Å²) in [5.74, 6) is 0.309. The monoisotopic (exact) mass is 432 g/mol. The highest BCUT2D eigenvalue weighted by Crippen LogP contribution is 2.34. The van der Waals surface area contributed by atoms with Gasteiger partial charge in [-0.15, -0.1) is 0 Å². The zero-order chi connectivity index (χ0) is 22.4. The second-order valence-corrected chi connectivity index (χ2v) is 8.06. The zero-order valence-electron chi connectivity index (χ0n) is 18.2. The number of ether oxygens (including phenoxy) is 2. The van der Waals surface area contributed by atoms with E-state index < -0.39 is 6.04 Å². The molecule has 2 unspecified atom stereocenters. The van der Waals surface area contributed by atoms with E-state index in [0.29, 0.717) is 32.6 Å². The number of rotatable bonds is 10. The van der Waals surface area contributed by atoms with E-state index in [1.165, 1.54) is 12.0 Å². The van der Waals surface area contributed by atoms with Crippen LogP contribution in [-0.2, 0) is 25.7 Å². The van der Waals surface area contributed by atoms with Crippen molar-refractivity contribution in [3.05, 3.63) is 29.8 Å². The molecule has 2 aliphatic rings. The van der Waals surface area contributed by atoms with E-state index in [0.717, 1.165) is 24.2 Å². The molecule has 1 heterocycles. The fraction of sp³-hybridized carbons (Fsp3) is 0.591. The molecule has 31 heavy (non-hydrogen) atoms. The van der Waals surface area contributed by atoms with E-state index in [-0.39, 0.29) is 36.3 Å². The molecule has 9 nitrogen and oxygen atoms in total. The van der Waals surface area contributed by atoms with Crippen LogP contribution in [0.2, 0.25) is 0 Å². The molecule has 1 aromatic carbocycles. The van der Waals surface area contributed by atoms with Crippen molar-refractivity contribution in [1.29, 1.82) is 0 Å². The third kappa shape index (κ3) is 5.74. The first kappa shape index (κ1) is 23.0. The number of amides is 3. The van der Waals surface area contributed by atoms with Gasteiger partial charge in [0, 0.05) is 39.2 Å². The predicted octanol–water partition coefficient (Wildman–Crippen LogP) is 0.125. The van der Waals surface area contributed by atoms with E-state index in [2.05, 4.69) is 5.32 Å². The van der Waals surface area contributed by atoms with Gasteiger partial charge >= 0.3 is 0 Å². The molecule has 0 bridgehead atoms. The van der Waals surface area contributed by atoms with Crippen molar-refractivity contribution in [1.82, 2.24) is 15.1 Å². The van der Waals surface area contributed by atoms with Crippen molar-refractivity contribution >= 4 is 17.7 Å². The van der Waals surface area contributed by atoms with Crippen LogP contribution in [0, 0.1) is 5.92 Å². The third-order valence-electron chi connectivity index (χ3n) is 5.75. The van der Waals surface area contributed by atoms with Crippen LogP contribution in [0.4, 0.5) is 0 Å². The number of methoxy groups -OCH3 is 2. The van der Waals surface area contributed by atoms with Gasteiger partial charge in [0.1, 0.15) is 18.4 Å². The highest BCUT2D eigenvalue weighted by molar-refractivity contribution is 5.89. The number of nitrogens with zero attached hydrogens (tertiary/aromatic N) is 2. The second-order valence-electron chi connectivity index (χ2n) is 8.06. The maximum Gasteiger partial charge on any atom is 0.249 e. The summed E-state index contributed by atoms with van der Waals surface area (Å²) >= 11 is 0. The molecule has 0 spiro atoms. The molecule has 2 fully saturated rings. The number of carbonyl (C=O) groups is 3. The predicted molar refractivity (Wildman–Crippen MR) is 114 cm³/mol. The number of likely N-dealkylation sites (tertiary alicyclic amines) is 1. The SMILES string of the molecule is COCC(=O)N1CC(N(Cc2cccc(OC)c2)C(=O)C2CC2)CC1C(=O)NCCN. The smallest absolute Gasteiger partial charge is 0.249 e. The van der Waals surface area contributed by atoms with Crippen molar-refractivity contribution < 1.29 is 23.9 Å². The molecule has 0 radical (unpaired) electrons. The Morgan fingerprint density at radius 2 is 2.03 bits per heavy atom. The van der Waals surface area contributed by atoms with E-state index in [9.17, 15) is 14.4 Å². The highest BCUT2D eigenvalue weighted by atomic mass is 16.5. The van der Waals surface area contributed by atoms with Crippen LogP contribution >= 0.6 is 0 Å². The lowest BCUT2D eigenvalue weighted by molar-refractivity contribution is -0.141. The standard InChI is InChI=1S/C22H32N4O5/c1-30-14-20(27)26-13-17(11-19(26)21(28)24-9-8-23)25(22(29)16-6-7-16)12-15-4-3-5-18(10-15)31-2/h3-5,10,16-17,19H,6-9,11-14,23H2,1-2H3,(H,24,28). The Morgan fingerprint density at radius 3 is 2.68 bits per heavy atom. The average molecular weight is 433 g/mol. The van der Waals surface area contributed by atoms with Crippen LogP contribution in [0.1, 0.15) is 24.8 Å². The van der Waals surface area contributed by atoms with Crippen molar-refractivity contribution in [3.63, 3.8) is 0 Å². The van der Waals surface area contributed by atoms with Gasteiger partial charge < -0.3 is 30.3 Å². The molecule has 2 atom stereocenters. The molecule has 1 aliphatic carbocycles. The molecule has 1 saturated heterocycles. The topological polar surface area (TPSA) is 114 Å². The molecule has 9 heteroatoms. The molecule has 170 valence electrons. The molecular weight excluding hydrogens is 400 g/mol. The fourth-order valence-electron chi connectivity index (χ4n) is 4.00. The van der Waals surface area contributed by atoms with Crippen LogP contribution in [0.15, 0.2) is 24.3 Å². The molecule has 0 aromatic heterocycles. The summed E-state index contributed by atoms with van der Waals surface area (Å²) in [7, 11) is 3.05. The summed E-state index contributed by atoms with van der Waals surface area (Å²) in [6, 6.07) is 6.69. The van der Waals surface area contributed by atoms with Crippen molar-refractivity contribution in [2.24, 2.45) is 11.7 Å². The number of nitrogens with two attached hydrogens (primary N) is 1. The number of carbonyl (C=O) groups excluding carboxylic acids is 3. The van der Waals surface area contributed by atoms with Crippen LogP contribution in [-0.4, -0.2) is 80.1 Å². The van der Waals surface area contributed by atoms with Crippen LogP contribution in [0.3, 0.4) is 0 Å². The third-order valence-corrected chi connectivity index (χ3v) is 5.75. The summed E-state index contributed by atoms with van der Waals surface area (Å²) in [5.41, 5.74) is 6.45. The second kappa shape index (κ2) is 10.6. The van der Waals surface area contributed by atoms with E-state index in [1.54, 1.807) is 7.11 Å². The van der Waals surface area contributed by atoms with Gasteiger partial charge in [0.2, 0.25) is 17.7 Å². The molecular formula is C22H32N4O5. The number of benzene rings is 1. The molecule has 3 amide bonds.